The molecule has 1 fully saturated rings. The Morgan fingerprint density at radius 1 is 1.44 bits per heavy atom. The first kappa shape index (κ1) is 10.1. The fourth-order valence-corrected chi connectivity index (χ4v) is 2.33. The summed E-state index contributed by atoms with van der Waals surface area (Å²) < 4.78 is 0. The second-order valence-electron chi connectivity index (χ2n) is 1.64. The maximum Gasteiger partial charge on any atom is 0.207 e. The van der Waals surface area contributed by atoms with Gasteiger partial charge in [0.1, 0.15) is 0 Å². The van der Waals surface area contributed by atoms with Crippen LogP contribution in [0.25, 0.3) is 0 Å². The number of thioether (sulfide) groups is 1. The van der Waals surface area contributed by atoms with Gasteiger partial charge in [-0.3, -0.25) is 0 Å². The van der Waals surface area contributed by atoms with Gasteiger partial charge in [-0.25, -0.2) is 0 Å². The van der Waals surface area contributed by atoms with Crippen molar-refractivity contribution < 1.29 is 0 Å². The predicted molar refractivity (Wildman–Crippen MR) is 54.7 cm³/mol. The molecule has 1 saturated heterocycles. The second kappa shape index (κ2) is 9.11. The monoisotopic (exact) mass is 179 g/mol. The molecule has 0 N–H and O–H groups in total. The predicted octanol–water partition coefficient (Wildman–Crippen LogP) is 2.79. The summed E-state index contributed by atoms with van der Waals surface area (Å²) in [6, 6.07) is 0. The molecule has 1 aliphatic heterocycles. The maximum atomic E-state index is 2.27. The van der Waals surface area contributed by atoms with Crippen LogP contribution in [-0.4, -0.2) is 24.8 Å². The minimum absolute atomic E-state index is 1.32. The maximum absolute atomic E-state index is 2.27. The van der Waals surface area contributed by atoms with Gasteiger partial charge in [-0.15, -0.1) is 10.8 Å². The Morgan fingerprint density at radius 3 is 2.22 bits per heavy atom. The highest BCUT2D eigenvalue weighted by Crippen LogP contribution is 2.27. The lowest BCUT2D eigenvalue weighted by Crippen LogP contribution is -1.89. The Bertz CT molecular complexity index is 36.0. The lowest BCUT2D eigenvalue weighted by molar-refractivity contribution is 1.10. The van der Waals surface area contributed by atoms with Crippen LogP contribution in [0.5, 0.6) is 0 Å². The fourth-order valence-electron chi connectivity index (χ4n) is 0.370. The van der Waals surface area contributed by atoms with Gasteiger partial charge in [-0.2, -0.15) is 22.4 Å². The molecule has 0 spiro atoms. The van der Waals surface area contributed by atoms with Gasteiger partial charge in [0.15, 0.2) is 0 Å². The first-order valence-corrected chi connectivity index (χ1v) is 6.93. The lowest BCUT2D eigenvalue weighted by atomic mass is 10.0. The van der Waals surface area contributed by atoms with E-state index in [9.17, 15) is 0 Å². The highest BCUT2D eigenvalue weighted by molar-refractivity contribution is 8.85. The van der Waals surface area contributed by atoms with E-state index in [1.807, 2.05) is 34.0 Å². The summed E-state index contributed by atoms with van der Waals surface area (Å²) in [6.45, 7) is 2.27. The van der Waals surface area contributed by atoms with Crippen LogP contribution in [0, 0.1) is 0 Å². The van der Waals surface area contributed by atoms with Crippen LogP contribution in [0.1, 0.15) is 6.42 Å². The van der Waals surface area contributed by atoms with Gasteiger partial charge >= 0.3 is 0 Å². The lowest BCUT2D eigenvalue weighted by Gasteiger charge is -2.03. The van der Waals surface area contributed by atoms with E-state index >= 15 is 0 Å². The van der Waals surface area contributed by atoms with Gasteiger partial charge < -0.3 is 0 Å². The Hall–Kier alpha value is 1.11. The summed E-state index contributed by atoms with van der Waals surface area (Å²) >= 11 is 1.75. The van der Waals surface area contributed by atoms with Crippen molar-refractivity contribution in [2.75, 3.05) is 18.3 Å². The van der Waals surface area contributed by atoms with Crippen molar-refractivity contribution in [1.82, 2.24) is 0 Å². The number of rotatable bonds is 0. The summed E-state index contributed by atoms with van der Waals surface area (Å²) in [4.78, 5) is 0. The topological polar surface area (TPSA) is 0 Å². The zero-order chi connectivity index (χ0) is 6.95. The largest absolute Gasteiger partial charge is 0.207 e. The zero-order valence-corrected chi connectivity index (χ0v) is 8.37. The van der Waals surface area contributed by atoms with Gasteiger partial charge in [0.25, 0.3) is 0 Å². The average molecular weight is 179 g/mol. The minimum Gasteiger partial charge on any atom is -0.169 e. The molecule has 0 aromatic heterocycles. The molecule has 1 aliphatic rings. The minimum atomic E-state index is 1.32. The van der Waals surface area contributed by atoms with E-state index in [2.05, 4.69) is 6.56 Å². The van der Waals surface area contributed by atoms with E-state index in [1.165, 1.54) is 18.5 Å². The molecule has 0 aromatic rings. The normalized spacial score (nSPS) is 17.1. The Kier molecular flexibility index (Phi) is 10.2. The average Bonchev–Trinajstić information content (AvgIpc) is 1.93. The molecule has 0 nitrogen and oxygen atoms in total. The Morgan fingerprint density at radius 2 is 2.11 bits per heavy atom. The molecule has 0 bridgehead atoms. The van der Waals surface area contributed by atoms with Gasteiger partial charge in [0.2, 0.25) is 6.56 Å². The number of hydrogen-bond donors (Lipinski definition) is 0. The van der Waals surface area contributed by atoms with Crippen molar-refractivity contribution in [3.05, 3.63) is 0 Å². The summed E-state index contributed by atoms with van der Waals surface area (Å²) in [6.07, 6.45) is 6.79. The smallest absolute Gasteiger partial charge is 0.169 e. The van der Waals surface area contributed by atoms with E-state index in [-0.39, 0.29) is 0 Å². The standard InChI is InChI=1S/C3H6BS2.C2H6S/c1-2-4-6-5-3-1;1-3-2/h1-3H2;1-2H3. The molecule has 53 valence electrons. The van der Waals surface area contributed by atoms with E-state index < -0.39 is 0 Å². The molecule has 0 amide bonds. The third kappa shape index (κ3) is 9.11. The third-order valence-electron chi connectivity index (χ3n) is 0.686. The summed E-state index contributed by atoms with van der Waals surface area (Å²) in [5, 5.41) is 0. The summed E-state index contributed by atoms with van der Waals surface area (Å²) in [7, 11) is 3.84. The van der Waals surface area contributed by atoms with E-state index in [0.29, 0.717) is 0 Å². The Balaban J connectivity index is 0.000000187. The van der Waals surface area contributed by atoms with Crippen LogP contribution < -0.4 is 0 Å². The molecule has 0 aromatic carbocycles. The van der Waals surface area contributed by atoms with Crippen LogP contribution in [-0.2, 0) is 0 Å². The van der Waals surface area contributed by atoms with Crippen molar-refractivity contribution in [1.29, 1.82) is 0 Å². The van der Waals surface area contributed by atoms with E-state index in [4.69, 9.17) is 0 Å². The Labute approximate surface area is 70.9 Å². The molecule has 0 saturated carbocycles. The van der Waals surface area contributed by atoms with Crippen LogP contribution in [0.15, 0.2) is 0 Å². The van der Waals surface area contributed by atoms with E-state index in [0.717, 1.165) is 0 Å². The molecule has 0 atom stereocenters. The van der Waals surface area contributed by atoms with Gasteiger partial charge in [0.05, 0.1) is 0 Å². The highest BCUT2D eigenvalue weighted by Gasteiger charge is 1.98. The molecule has 1 rings (SSSR count). The van der Waals surface area contributed by atoms with Crippen LogP contribution in [0.3, 0.4) is 0 Å². The SMILES string of the molecule is CSC.[B]1CCCSS1. The van der Waals surface area contributed by atoms with Gasteiger partial charge in [-0.1, -0.05) is 6.32 Å². The van der Waals surface area contributed by atoms with Crippen LogP contribution in [0.2, 0.25) is 6.32 Å². The van der Waals surface area contributed by atoms with Crippen molar-refractivity contribution in [2.45, 2.75) is 12.7 Å². The van der Waals surface area contributed by atoms with Crippen molar-refractivity contribution in [3.63, 3.8) is 0 Å². The zero-order valence-electron chi connectivity index (χ0n) is 5.92. The molecule has 0 unspecified atom stereocenters. The molecule has 1 radical (unpaired) electrons. The molecular weight excluding hydrogens is 167 g/mol. The molecular formula is C5H12BS3. The highest BCUT2D eigenvalue weighted by atomic mass is 33.1. The second-order valence-corrected chi connectivity index (χ2v) is 4.91. The fraction of sp³-hybridized carbons (Fsp3) is 1.00. The van der Waals surface area contributed by atoms with E-state index in [1.54, 1.807) is 11.8 Å². The van der Waals surface area contributed by atoms with Gasteiger partial charge in [-0.05, 0) is 18.9 Å². The van der Waals surface area contributed by atoms with Gasteiger partial charge in [0, 0.05) is 5.75 Å². The summed E-state index contributed by atoms with van der Waals surface area (Å²) in [5.41, 5.74) is 0. The molecule has 4 heteroatoms. The molecule has 9 heavy (non-hydrogen) atoms. The quantitative estimate of drug-likeness (QED) is 0.414. The number of hydrogen-bond acceptors (Lipinski definition) is 3. The van der Waals surface area contributed by atoms with Crippen LogP contribution in [0.4, 0.5) is 0 Å². The summed E-state index contributed by atoms with van der Waals surface area (Å²) in [5.74, 6) is 1.35. The first-order valence-electron chi connectivity index (χ1n) is 2.92. The molecule has 0 aliphatic carbocycles. The first-order chi connectivity index (χ1) is 4.41. The van der Waals surface area contributed by atoms with Crippen molar-refractivity contribution in [2.24, 2.45) is 0 Å². The van der Waals surface area contributed by atoms with Crippen molar-refractivity contribution >= 4 is 39.8 Å². The molecule has 1 heterocycles. The van der Waals surface area contributed by atoms with Crippen molar-refractivity contribution in [3.8, 4) is 0 Å². The third-order valence-corrected chi connectivity index (χ3v) is 2.97. The van der Waals surface area contributed by atoms with Crippen LogP contribution >= 0.6 is 33.2 Å².